The van der Waals surface area contributed by atoms with Crippen LogP contribution in [0.4, 0.5) is 11.4 Å². The first-order valence-corrected chi connectivity index (χ1v) is 11.2. The molecule has 1 atom stereocenters. The molecule has 0 aliphatic carbocycles. The van der Waals surface area contributed by atoms with Crippen LogP contribution in [0.25, 0.3) is 0 Å². The van der Waals surface area contributed by atoms with Crippen LogP contribution in [0.5, 0.6) is 11.5 Å². The van der Waals surface area contributed by atoms with E-state index in [-0.39, 0.29) is 18.0 Å². The van der Waals surface area contributed by atoms with Crippen LogP contribution >= 0.6 is 0 Å². The fourth-order valence-corrected chi connectivity index (χ4v) is 4.27. The minimum Gasteiger partial charge on any atom is -0.497 e. The molecule has 2 N–H and O–H groups in total. The first kappa shape index (κ1) is 23.9. The highest BCUT2D eigenvalue weighted by molar-refractivity contribution is 6.12. The molecule has 1 aliphatic rings. The lowest BCUT2D eigenvalue weighted by molar-refractivity contribution is -0.136. The standard InChI is InChI=1S/C28H28N2O5/c1-17-5-9-19(10-6-17)29-26-23(16-25(31)32)27(22-14-13-21(34-3)15-24(22)35-4)30(28(26)33)20-11-7-18(2)8-12-20/h5-15,27,29H,16H2,1-4H3,(H,31,32). The number of amides is 1. The lowest BCUT2D eigenvalue weighted by atomic mass is 9.95. The molecule has 3 aromatic rings. The van der Waals surface area contributed by atoms with Gasteiger partial charge in [0.05, 0.1) is 26.7 Å². The average molecular weight is 473 g/mol. The Morgan fingerprint density at radius 2 is 1.57 bits per heavy atom. The van der Waals surface area contributed by atoms with Gasteiger partial charge in [-0.05, 0) is 55.8 Å². The van der Waals surface area contributed by atoms with Crippen molar-refractivity contribution in [1.29, 1.82) is 0 Å². The highest BCUT2D eigenvalue weighted by Gasteiger charge is 2.43. The van der Waals surface area contributed by atoms with Crippen molar-refractivity contribution in [3.05, 3.63) is 94.7 Å². The summed E-state index contributed by atoms with van der Waals surface area (Å²) in [6, 6.07) is 19.8. The van der Waals surface area contributed by atoms with E-state index in [1.807, 2.05) is 68.4 Å². The number of carboxylic acid groups (broad SMARTS) is 1. The molecule has 0 bridgehead atoms. The van der Waals surface area contributed by atoms with Crippen LogP contribution in [0, 0.1) is 13.8 Å². The lowest BCUT2D eigenvalue weighted by Crippen LogP contribution is -2.31. The molecule has 7 heteroatoms. The van der Waals surface area contributed by atoms with Crippen LogP contribution in [0.3, 0.4) is 0 Å². The highest BCUT2D eigenvalue weighted by atomic mass is 16.5. The third-order valence-corrected chi connectivity index (χ3v) is 6.05. The minimum absolute atomic E-state index is 0.250. The molecule has 1 unspecified atom stereocenters. The summed E-state index contributed by atoms with van der Waals surface area (Å²) < 4.78 is 11.0. The number of carbonyl (C=O) groups is 2. The maximum atomic E-state index is 13.9. The number of nitrogens with one attached hydrogen (secondary N) is 1. The number of hydrogen-bond acceptors (Lipinski definition) is 5. The monoisotopic (exact) mass is 472 g/mol. The molecular weight excluding hydrogens is 444 g/mol. The van der Waals surface area contributed by atoms with Gasteiger partial charge >= 0.3 is 5.97 Å². The molecule has 1 aliphatic heterocycles. The maximum Gasteiger partial charge on any atom is 0.307 e. The Hall–Kier alpha value is -4.26. The topological polar surface area (TPSA) is 88.1 Å². The second-order valence-electron chi connectivity index (χ2n) is 8.48. The molecule has 0 radical (unpaired) electrons. The molecule has 0 spiro atoms. The summed E-state index contributed by atoms with van der Waals surface area (Å²) in [6.45, 7) is 3.95. The first-order valence-electron chi connectivity index (χ1n) is 11.2. The summed E-state index contributed by atoms with van der Waals surface area (Å²) in [5.74, 6) is -0.245. The number of aliphatic carboxylic acids is 1. The van der Waals surface area contributed by atoms with E-state index in [0.29, 0.717) is 34.0 Å². The van der Waals surface area contributed by atoms with E-state index in [2.05, 4.69) is 5.32 Å². The number of aryl methyl sites for hydroxylation is 2. The van der Waals surface area contributed by atoms with Crippen molar-refractivity contribution in [3.63, 3.8) is 0 Å². The SMILES string of the molecule is COc1ccc(C2C(CC(=O)O)=C(Nc3ccc(C)cc3)C(=O)N2c2ccc(C)cc2)c(OC)c1. The van der Waals surface area contributed by atoms with Crippen LogP contribution in [0.15, 0.2) is 78.0 Å². The van der Waals surface area contributed by atoms with E-state index in [1.165, 1.54) is 7.11 Å². The summed E-state index contributed by atoms with van der Waals surface area (Å²) in [4.78, 5) is 27.5. The molecular formula is C28H28N2O5. The molecule has 0 aromatic heterocycles. The van der Waals surface area contributed by atoms with Crippen molar-refractivity contribution in [3.8, 4) is 11.5 Å². The Morgan fingerprint density at radius 1 is 0.943 bits per heavy atom. The molecule has 0 saturated heterocycles. The summed E-state index contributed by atoms with van der Waals surface area (Å²) >= 11 is 0. The Balaban J connectivity index is 1.92. The molecule has 1 heterocycles. The van der Waals surface area contributed by atoms with Gasteiger partial charge in [0.2, 0.25) is 0 Å². The summed E-state index contributed by atoms with van der Waals surface area (Å²) in [6.07, 6.45) is -0.317. The average Bonchev–Trinajstić information content (AvgIpc) is 3.10. The highest BCUT2D eigenvalue weighted by Crippen LogP contribution is 2.46. The smallest absolute Gasteiger partial charge is 0.307 e. The number of rotatable bonds is 8. The van der Waals surface area contributed by atoms with E-state index in [1.54, 1.807) is 24.1 Å². The predicted octanol–water partition coefficient (Wildman–Crippen LogP) is 5.25. The second-order valence-corrected chi connectivity index (χ2v) is 8.48. The van der Waals surface area contributed by atoms with Crippen molar-refractivity contribution >= 4 is 23.3 Å². The van der Waals surface area contributed by atoms with Crippen molar-refractivity contribution in [1.82, 2.24) is 0 Å². The van der Waals surface area contributed by atoms with Gasteiger partial charge in [-0.3, -0.25) is 14.5 Å². The molecule has 35 heavy (non-hydrogen) atoms. The number of hydrogen-bond donors (Lipinski definition) is 2. The van der Waals surface area contributed by atoms with E-state index >= 15 is 0 Å². The van der Waals surface area contributed by atoms with Gasteiger partial charge in [-0.1, -0.05) is 35.4 Å². The van der Waals surface area contributed by atoms with E-state index in [0.717, 1.165) is 11.1 Å². The number of methoxy groups -OCH3 is 2. The van der Waals surface area contributed by atoms with Crippen molar-refractivity contribution < 1.29 is 24.2 Å². The predicted molar refractivity (Wildman–Crippen MR) is 135 cm³/mol. The summed E-state index contributed by atoms with van der Waals surface area (Å²) in [5.41, 5.74) is 4.86. The van der Waals surface area contributed by atoms with Crippen LogP contribution in [-0.4, -0.2) is 31.2 Å². The molecule has 7 nitrogen and oxygen atoms in total. The Bertz CT molecular complexity index is 1280. The van der Waals surface area contributed by atoms with Crippen molar-refractivity contribution in [2.45, 2.75) is 26.3 Å². The maximum absolute atomic E-state index is 13.9. The number of ether oxygens (including phenoxy) is 2. The van der Waals surface area contributed by atoms with Gasteiger partial charge in [0.1, 0.15) is 17.2 Å². The van der Waals surface area contributed by atoms with Gasteiger partial charge in [-0.25, -0.2) is 0 Å². The van der Waals surface area contributed by atoms with Gasteiger partial charge in [0, 0.05) is 23.0 Å². The van der Waals surface area contributed by atoms with Gasteiger partial charge < -0.3 is 19.9 Å². The molecule has 1 amide bonds. The van der Waals surface area contributed by atoms with Crippen LogP contribution in [-0.2, 0) is 9.59 Å². The fourth-order valence-electron chi connectivity index (χ4n) is 4.27. The second kappa shape index (κ2) is 9.93. The van der Waals surface area contributed by atoms with E-state index in [4.69, 9.17) is 9.47 Å². The number of carbonyl (C=O) groups excluding carboxylic acids is 1. The summed E-state index contributed by atoms with van der Waals surface area (Å²) in [5, 5.41) is 13.0. The molecule has 4 rings (SSSR count). The molecule has 180 valence electrons. The van der Waals surface area contributed by atoms with E-state index in [9.17, 15) is 14.7 Å². The molecule has 0 saturated carbocycles. The van der Waals surface area contributed by atoms with E-state index < -0.39 is 12.0 Å². The minimum atomic E-state index is -1.03. The van der Waals surface area contributed by atoms with Gasteiger partial charge in [-0.15, -0.1) is 0 Å². The third-order valence-electron chi connectivity index (χ3n) is 6.05. The number of nitrogens with zero attached hydrogens (tertiary/aromatic N) is 1. The van der Waals surface area contributed by atoms with Crippen LogP contribution in [0.2, 0.25) is 0 Å². The number of carboxylic acids is 1. The van der Waals surface area contributed by atoms with Gasteiger partial charge in [0.15, 0.2) is 0 Å². The zero-order valence-electron chi connectivity index (χ0n) is 20.2. The van der Waals surface area contributed by atoms with Gasteiger partial charge in [-0.2, -0.15) is 0 Å². The quantitative estimate of drug-likeness (QED) is 0.466. The van der Waals surface area contributed by atoms with Gasteiger partial charge in [0.25, 0.3) is 5.91 Å². The largest absolute Gasteiger partial charge is 0.497 e. The number of benzene rings is 3. The lowest BCUT2D eigenvalue weighted by Gasteiger charge is -2.28. The van der Waals surface area contributed by atoms with Crippen molar-refractivity contribution in [2.24, 2.45) is 0 Å². The first-order chi connectivity index (χ1) is 16.8. The van der Waals surface area contributed by atoms with Crippen LogP contribution in [0.1, 0.15) is 29.2 Å². The normalized spacial score (nSPS) is 15.4. The zero-order valence-corrected chi connectivity index (χ0v) is 20.2. The third kappa shape index (κ3) is 4.84. The molecule has 0 fully saturated rings. The molecule has 3 aromatic carbocycles. The Morgan fingerprint density at radius 3 is 2.14 bits per heavy atom. The zero-order chi connectivity index (χ0) is 25.1. The Labute approximate surface area is 204 Å². The number of anilines is 2. The fraction of sp³-hybridized carbons (Fsp3) is 0.214. The van der Waals surface area contributed by atoms with Crippen LogP contribution < -0.4 is 19.7 Å². The Kier molecular flexibility index (Phi) is 6.78. The summed E-state index contributed by atoms with van der Waals surface area (Å²) in [7, 11) is 3.10. The van der Waals surface area contributed by atoms with Crippen molar-refractivity contribution in [2.75, 3.05) is 24.4 Å².